The summed E-state index contributed by atoms with van der Waals surface area (Å²) in [5, 5.41) is 14.3. The number of halogens is 2. The number of benzene rings is 1. The Hall–Kier alpha value is -2.07. The van der Waals surface area contributed by atoms with Gasteiger partial charge in [0, 0.05) is 18.1 Å². The van der Waals surface area contributed by atoms with Crippen LogP contribution in [0.3, 0.4) is 0 Å². The van der Waals surface area contributed by atoms with E-state index in [-0.39, 0.29) is 24.0 Å². The molecule has 0 saturated heterocycles. The molecule has 27 heavy (non-hydrogen) atoms. The lowest BCUT2D eigenvalue weighted by molar-refractivity contribution is 0.577. The first-order valence-electron chi connectivity index (χ1n) is 8.46. The van der Waals surface area contributed by atoms with Crippen molar-refractivity contribution < 1.29 is 4.42 Å². The van der Waals surface area contributed by atoms with E-state index in [0.29, 0.717) is 24.0 Å². The van der Waals surface area contributed by atoms with Crippen molar-refractivity contribution in [3.8, 4) is 11.6 Å². The van der Waals surface area contributed by atoms with Crippen molar-refractivity contribution in [2.75, 3.05) is 13.1 Å². The summed E-state index contributed by atoms with van der Waals surface area (Å²) in [6.45, 7) is 3.96. The number of furan rings is 1. The third-order valence-corrected chi connectivity index (χ3v) is 3.88. The number of hydrogen-bond acceptors (Lipinski definition) is 4. The normalized spacial score (nSPS) is 11.1. The largest absolute Gasteiger partial charge is 0.461 e. The van der Waals surface area contributed by atoms with Crippen molar-refractivity contribution >= 4 is 41.5 Å². The summed E-state index contributed by atoms with van der Waals surface area (Å²) >= 11 is 5.91. The Balaban J connectivity index is 0.00000261. The molecule has 0 amide bonds. The van der Waals surface area contributed by atoms with E-state index in [1.807, 2.05) is 37.3 Å². The van der Waals surface area contributed by atoms with Gasteiger partial charge in [0.05, 0.1) is 6.26 Å². The fourth-order valence-electron chi connectivity index (χ4n) is 2.35. The molecule has 1 aromatic carbocycles. The van der Waals surface area contributed by atoms with Gasteiger partial charge in [0.1, 0.15) is 12.4 Å². The third kappa shape index (κ3) is 6.55. The van der Waals surface area contributed by atoms with Crippen molar-refractivity contribution in [3.05, 3.63) is 59.1 Å². The van der Waals surface area contributed by atoms with Crippen molar-refractivity contribution in [1.82, 2.24) is 25.8 Å². The number of aromatic nitrogens is 3. The van der Waals surface area contributed by atoms with Crippen LogP contribution in [-0.2, 0) is 13.0 Å². The summed E-state index contributed by atoms with van der Waals surface area (Å²) in [5.41, 5.74) is 1.22. The predicted octanol–water partition coefficient (Wildman–Crippen LogP) is 3.63. The third-order valence-electron chi connectivity index (χ3n) is 3.62. The molecular formula is C18H22ClIN6O. The first-order valence-corrected chi connectivity index (χ1v) is 8.84. The van der Waals surface area contributed by atoms with Gasteiger partial charge in [-0.3, -0.25) is 5.10 Å². The highest BCUT2D eigenvalue weighted by Crippen LogP contribution is 2.14. The van der Waals surface area contributed by atoms with Crippen LogP contribution in [0.15, 0.2) is 52.1 Å². The van der Waals surface area contributed by atoms with E-state index >= 15 is 0 Å². The molecule has 0 radical (unpaired) electrons. The minimum atomic E-state index is 0. The molecule has 0 spiro atoms. The van der Waals surface area contributed by atoms with Crippen LogP contribution in [0.1, 0.15) is 18.3 Å². The molecule has 3 rings (SSSR count). The van der Waals surface area contributed by atoms with Crippen LogP contribution in [-0.4, -0.2) is 34.2 Å². The molecule has 3 aromatic rings. The lowest BCUT2D eigenvalue weighted by Gasteiger charge is -2.11. The standard InChI is InChI=1S/C18H21ClN6O.HI/c1-2-20-18(21-10-9-13-5-7-14(19)8-6-13)22-12-16-23-17(25-24-16)15-4-3-11-26-15;/h3-8,11H,2,9-10,12H2,1H3,(H2,20,21,22)(H,23,24,25);1H. The first kappa shape index (κ1) is 21.2. The molecule has 2 aromatic heterocycles. The number of H-pyrrole nitrogens is 1. The van der Waals surface area contributed by atoms with Gasteiger partial charge >= 0.3 is 0 Å². The molecule has 0 unspecified atom stereocenters. The maximum atomic E-state index is 5.91. The second-order valence-corrected chi connectivity index (χ2v) is 6.02. The van der Waals surface area contributed by atoms with E-state index in [4.69, 9.17) is 16.0 Å². The topological polar surface area (TPSA) is 91.1 Å². The van der Waals surface area contributed by atoms with Gasteiger partial charge in [-0.05, 0) is 43.2 Å². The van der Waals surface area contributed by atoms with Crippen LogP contribution in [0.25, 0.3) is 11.6 Å². The summed E-state index contributed by atoms with van der Waals surface area (Å²) in [6.07, 6.45) is 2.48. The van der Waals surface area contributed by atoms with Gasteiger partial charge in [-0.1, -0.05) is 23.7 Å². The highest BCUT2D eigenvalue weighted by atomic mass is 127. The number of nitrogens with one attached hydrogen (secondary N) is 3. The quantitative estimate of drug-likeness (QED) is 0.262. The second-order valence-electron chi connectivity index (χ2n) is 5.58. The summed E-state index contributed by atoms with van der Waals surface area (Å²) in [7, 11) is 0. The summed E-state index contributed by atoms with van der Waals surface area (Å²) in [4.78, 5) is 8.92. The Morgan fingerprint density at radius 2 is 2.04 bits per heavy atom. The average Bonchev–Trinajstić information content (AvgIpc) is 3.33. The Kier molecular flexibility index (Phi) is 8.59. The van der Waals surface area contributed by atoms with Gasteiger partial charge in [-0.15, -0.1) is 29.1 Å². The molecule has 7 nitrogen and oxygen atoms in total. The van der Waals surface area contributed by atoms with Gasteiger partial charge in [-0.25, -0.2) is 9.98 Å². The van der Waals surface area contributed by atoms with Crippen LogP contribution in [0.4, 0.5) is 0 Å². The van der Waals surface area contributed by atoms with Crippen molar-refractivity contribution in [1.29, 1.82) is 0 Å². The first-order chi connectivity index (χ1) is 12.7. The van der Waals surface area contributed by atoms with Crippen LogP contribution in [0, 0.1) is 0 Å². The van der Waals surface area contributed by atoms with E-state index in [0.717, 1.165) is 30.5 Å². The minimum absolute atomic E-state index is 0. The Bertz CT molecular complexity index is 832. The van der Waals surface area contributed by atoms with Gasteiger partial charge in [0.25, 0.3) is 0 Å². The fourth-order valence-corrected chi connectivity index (χ4v) is 2.48. The van der Waals surface area contributed by atoms with Gasteiger partial charge in [-0.2, -0.15) is 0 Å². The number of aliphatic imine (C=N–C) groups is 1. The zero-order chi connectivity index (χ0) is 18.2. The van der Waals surface area contributed by atoms with E-state index in [1.165, 1.54) is 5.56 Å². The van der Waals surface area contributed by atoms with Crippen LogP contribution < -0.4 is 10.6 Å². The number of rotatable bonds is 7. The molecule has 0 aliphatic heterocycles. The molecule has 3 N–H and O–H groups in total. The Morgan fingerprint density at radius 1 is 1.22 bits per heavy atom. The second kappa shape index (κ2) is 10.9. The van der Waals surface area contributed by atoms with Crippen molar-refractivity contribution in [2.45, 2.75) is 19.9 Å². The summed E-state index contributed by atoms with van der Waals surface area (Å²) in [6, 6.07) is 11.5. The predicted molar refractivity (Wildman–Crippen MR) is 117 cm³/mol. The van der Waals surface area contributed by atoms with Crippen LogP contribution in [0.5, 0.6) is 0 Å². The minimum Gasteiger partial charge on any atom is -0.461 e. The Labute approximate surface area is 180 Å². The molecule has 0 aliphatic carbocycles. The van der Waals surface area contributed by atoms with Gasteiger partial charge in [0.2, 0.25) is 5.82 Å². The Morgan fingerprint density at radius 3 is 2.74 bits per heavy atom. The fraction of sp³-hybridized carbons (Fsp3) is 0.278. The molecule has 0 aliphatic rings. The highest BCUT2D eigenvalue weighted by molar-refractivity contribution is 14.0. The number of guanidine groups is 1. The lowest BCUT2D eigenvalue weighted by atomic mass is 10.1. The van der Waals surface area contributed by atoms with Crippen molar-refractivity contribution in [3.63, 3.8) is 0 Å². The zero-order valence-corrected chi connectivity index (χ0v) is 18.0. The molecular weight excluding hydrogens is 479 g/mol. The van der Waals surface area contributed by atoms with E-state index in [1.54, 1.807) is 12.3 Å². The summed E-state index contributed by atoms with van der Waals surface area (Å²) in [5.74, 6) is 2.56. The maximum Gasteiger partial charge on any atom is 0.216 e. The molecule has 9 heteroatoms. The van der Waals surface area contributed by atoms with E-state index in [9.17, 15) is 0 Å². The summed E-state index contributed by atoms with van der Waals surface area (Å²) < 4.78 is 5.29. The van der Waals surface area contributed by atoms with Crippen LogP contribution in [0.2, 0.25) is 5.02 Å². The molecule has 2 heterocycles. The average molecular weight is 501 g/mol. The number of aromatic amines is 1. The highest BCUT2D eigenvalue weighted by Gasteiger charge is 2.08. The zero-order valence-electron chi connectivity index (χ0n) is 14.9. The number of nitrogens with zero attached hydrogens (tertiary/aromatic N) is 3. The molecule has 0 fully saturated rings. The smallest absolute Gasteiger partial charge is 0.216 e. The molecule has 0 bridgehead atoms. The van der Waals surface area contributed by atoms with E-state index in [2.05, 4.69) is 30.8 Å². The SMILES string of the molecule is CCNC(=NCc1nc(-c2ccco2)n[nH]1)NCCc1ccc(Cl)cc1.I. The monoisotopic (exact) mass is 500 g/mol. The van der Waals surface area contributed by atoms with Gasteiger partial charge < -0.3 is 15.1 Å². The van der Waals surface area contributed by atoms with Crippen molar-refractivity contribution in [2.24, 2.45) is 4.99 Å². The molecule has 144 valence electrons. The molecule has 0 saturated carbocycles. The molecule has 0 atom stereocenters. The van der Waals surface area contributed by atoms with E-state index < -0.39 is 0 Å². The lowest BCUT2D eigenvalue weighted by Crippen LogP contribution is -2.38. The van der Waals surface area contributed by atoms with Gasteiger partial charge in [0.15, 0.2) is 11.7 Å². The maximum absolute atomic E-state index is 5.91. The van der Waals surface area contributed by atoms with Crippen LogP contribution >= 0.6 is 35.6 Å². The number of hydrogen-bond donors (Lipinski definition) is 3.